The van der Waals surface area contributed by atoms with Crippen LogP contribution in [-0.2, 0) is 16.0 Å². The van der Waals surface area contributed by atoms with Crippen molar-refractivity contribution in [1.29, 1.82) is 0 Å². The molecule has 0 heterocycles. The molecule has 146 valence electrons. The summed E-state index contributed by atoms with van der Waals surface area (Å²) in [5.41, 5.74) is 3.49. The van der Waals surface area contributed by atoms with Gasteiger partial charge in [0.2, 0.25) is 0 Å². The second-order valence-electron chi connectivity index (χ2n) is 7.66. The number of rotatable bonds is 9. The minimum atomic E-state index is -0.776. The van der Waals surface area contributed by atoms with Crippen molar-refractivity contribution in [3.63, 3.8) is 0 Å². The van der Waals surface area contributed by atoms with Gasteiger partial charge in [-0.25, -0.2) is 4.79 Å². The predicted molar refractivity (Wildman–Crippen MR) is 112 cm³/mol. The average Bonchev–Trinajstić information content (AvgIpc) is 2.56. The maximum Gasteiger partial charge on any atom is 0.338 e. The van der Waals surface area contributed by atoms with Crippen molar-refractivity contribution in [2.45, 2.75) is 32.6 Å². The molecule has 27 heavy (non-hydrogen) atoms. The molecule has 0 aliphatic heterocycles. The Morgan fingerprint density at radius 2 is 2.00 bits per heavy atom. The number of allylic oxidation sites excluding steroid dienone is 4. The van der Waals surface area contributed by atoms with E-state index in [0.29, 0.717) is 16.5 Å². The fourth-order valence-corrected chi connectivity index (χ4v) is 2.74. The molecule has 0 radical (unpaired) electrons. The average molecular weight is 371 g/mol. The lowest BCUT2D eigenvalue weighted by Crippen LogP contribution is -2.53. The van der Waals surface area contributed by atoms with E-state index in [1.165, 1.54) is 0 Å². The maximum absolute atomic E-state index is 12.4. The van der Waals surface area contributed by atoms with Gasteiger partial charge in [0.05, 0.1) is 21.1 Å². The number of benzene rings is 1. The lowest BCUT2D eigenvalue weighted by Gasteiger charge is -2.34. The van der Waals surface area contributed by atoms with Gasteiger partial charge in [-0.2, -0.15) is 0 Å². The zero-order valence-corrected chi connectivity index (χ0v) is 17.1. The second kappa shape index (κ2) is 10.0. The van der Waals surface area contributed by atoms with Gasteiger partial charge in [-0.3, -0.25) is 4.48 Å². The van der Waals surface area contributed by atoms with Crippen molar-refractivity contribution >= 4 is 12.0 Å². The number of likely N-dealkylation sites (N-methyl/N-ethyl adjacent to an activating group) is 1. The molecule has 1 rings (SSSR count). The number of hydrogen-bond donors (Lipinski definition) is 1. The normalized spacial score (nSPS) is 14.7. The highest BCUT2D eigenvalue weighted by atomic mass is 16.6. The Morgan fingerprint density at radius 3 is 2.56 bits per heavy atom. The van der Waals surface area contributed by atoms with Crippen molar-refractivity contribution in [3.05, 3.63) is 77.9 Å². The zero-order chi connectivity index (χ0) is 20.6. The van der Waals surface area contributed by atoms with Crippen LogP contribution in [0.25, 0.3) is 6.08 Å². The first-order valence-electron chi connectivity index (χ1n) is 8.99. The van der Waals surface area contributed by atoms with Crippen LogP contribution in [0.15, 0.2) is 66.8 Å². The molecule has 0 aliphatic carbocycles. The van der Waals surface area contributed by atoms with Crippen molar-refractivity contribution in [1.82, 2.24) is 0 Å². The largest absolute Gasteiger partial charge is 0.406 e. The lowest BCUT2D eigenvalue weighted by atomic mass is 10.0. The fraction of sp³-hybridized carbons (Fsp3) is 0.348. The Kier molecular flexibility index (Phi) is 8.41. The summed E-state index contributed by atoms with van der Waals surface area (Å²) in [6.07, 6.45) is 6.64. The first kappa shape index (κ1) is 22.6. The molecule has 0 amide bonds. The van der Waals surface area contributed by atoms with Gasteiger partial charge in [0.25, 0.3) is 6.23 Å². The molecule has 4 heteroatoms. The van der Waals surface area contributed by atoms with Gasteiger partial charge >= 0.3 is 5.97 Å². The molecule has 0 fully saturated rings. The van der Waals surface area contributed by atoms with E-state index in [1.807, 2.05) is 64.5 Å². The second-order valence-corrected chi connectivity index (χ2v) is 7.66. The first-order chi connectivity index (χ1) is 12.5. The van der Waals surface area contributed by atoms with Crippen LogP contribution in [0.4, 0.5) is 0 Å². The van der Waals surface area contributed by atoms with Crippen LogP contribution in [0.5, 0.6) is 0 Å². The summed E-state index contributed by atoms with van der Waals surface area (Å²) in [6.45, 7) is 11.2. The number of carbonyl (C=O) groups excluding carboxylic acids is 1. The van der Waals surface area contributed by atoms with Crippen LogP contribution in [0.3, 0.4) is 0 Å². The van der Waals surface area contributed by atoms with E-state index < -0.39 is 18.3 Å². The van der Waals surface area contributed by atoms with E-state index in [9.17, 15) is 9.90 Å². The van der Waals surface area contributed by atoms with Gasteiger partial charge in [0.1, 0.15) is 6.10 Å². The molecule has 1 aromatic carbocycles. The summed E-state index contributed by atoms with van der Waals surface area (Å²) in [5, 5.41) is 9.91. The van der Waals surface area contributed by atoms with E-state index in [4.69, 9.17) is 4.74 Å². The van der Waals surface area contributed by atoms with Gasteiger partial charge in [-0.1, -0.05) is 67.3 Å². The van der Waals surface area contributed by atoms with E-state index in [2.05, 4.69) is 19.2 Å². The Bertz CT molecular complexity index is 736. The maximum atomic E-state index is 12.4. The highest BCUT2D eigenvalue weighted by Crippen LogP contribution is 2.16. The minimum absolute atomic E-state index is 0.314. The smallest absolute Gasteiger partial charge is 0.338 e. The number of aliphatic hydroxyl groups excluding tert-OH is 1. The molecular formula is C23H32NO3+. The van der Waals surface area contributed by atoms with Crippen LogP contribution >= 0.6 is 0 Å². The zero-order valence-electron chi connectivity index (χ0n) is 17.1. The van der Waals surface area contributed by atoms with E-state index in [0.717, 1.165) is 16.7 Å². The van der Waals surface area contributed by atoms with Gasteiger partial charge in [-0.05, 0) is 25.0 Å². The molecular weight excluding hydrogens is 338 g/mol. The Labute approximate surface area is 163 Å². The molecule has 2 unspecified atom stereocenters. The third-order valence-electron chi connectivity index (χ3n) is 3.95. The van der Waals surface area contributed by atoms with Crippen LogP contribution in [0, 0.1) is 0 Å². The van der Waals surface area contributed by atoms with Gasteiger partial charge in [0.15, 0.2) is 0 Å². The summed E-state index contributed by atoms with van der Waals surface area (Å²) in [5.74, 6) is -0.486. The third kappa shape index (κ3) is 7.77. The highest BCUT2D eigenvalue weighted by molar-refractivity contribution is 5.88. The molecule has 1 aromatic rings. The molecule has 4 nitrogen and oxygen atoms in total. The van der Waals surface area contributed by atoms with Gasteiger partial charge < -0.3 is 9.84 Å². The molecule has 0 spiro atoms. The van der Waals surface area contributed by atoms with Crippen molar-refractivity contribution in [2.75, 3.05) is 21.1 Å². The number of nitrogens with zero attached hydrogens (tertiary/aromatic N) is 1. The van der Waals surface area contributed by atoms with Crippen LogP contribution in [-0.4, -0.2) is 49.0 Å². The van der Waals surface area contributed by atoms with E-state index in [-0.39, 0.29) is 0 Å². The van der Waals surface area contributed by atoms with Gasteiger partial charge in [0, 0.05) is 12.0 Å². The minimum Gasteiger partial charge on any atom is -0.406 e. The predicted octanol–water partition coefficient (Wildman–Crippen LogP) is 3.89. The number of quaternary nitrogens is 1. The summed E-state index contributed by atoms with van der Waals surface area (Å²) >= 11 is 0. The fourth-order valence-electron chi connectivity index (χ4n) is 2.74. The quantitative estimate of drug-likeness (QED) is 0.236. The third-order valence-corrected chi connectivity index (χ3v) is 3.95. The highest BCUT2D eigenvalue weighted by Gasteiger charge is 2.33. The first-order valence-corrected chi connectivity index (χ1v) is 8.99. The lowest BCUT2D eigenvalue weighted by molar-refractivity contribution is -0.920. The monoisotopic (exact) mass is 370 g/mol. The summed E-state index contributed by atoms with van der Waals surface area (Å²) in [6, 6.07) is 7.94. The topological polar surface area (TPSA) is 46.5 Å². The number of ether oxygens (including phenoxy) is 1. The van der Waals surface area contributed by atoms with Crippen molar-refractivity contribution < 1.29 is 19.1 Å². The number of aliphatic hydroxyl groups is 1. The Balaban J connectivity index is 2.85. The van der Waals surface area contributed by atoms with Gasteiger partial charge in [-0.15, -0.1) is 0 Å². The number of esters is 1. The summed E-state index contributed by atoms with van der Waals surface area (Å²) in [7, 11) is 5.60. The van der Waals surface area contributed by atoms with E-state index >= 15 is 0 Å². The molecule has 0 aliphatic rings. The SMILES string of the molecule is C=CC=CC(C)=Cc1cccc(CC(=C)C(=O)OC(C(C)O)[N+](C)(C)C)c1. The molecule has 2 atom stereocenters. The molecule has 0 saturated carbocycles. The van der Waals surface area contributed by atoms with Crippen molar-refractivity contribution in [3.8, 4) is 0 Å². The summed E-state index contributed by atoms with van der Waals surface area (Å²) in [4.78, 5) is 12.4. The molecule has 0 bridgehead atoms. The number of carbonyl (C=O) groups is 1. The van der Waals surface area contributed by atoms with Crippen molar-refractivity contribution in [2.24, 2.45) is 0 Å². The standard InChI is InChI=1S/C23H32NO3/c1-8-9-11-17(2)14-20-12-10-13-21(16-20)15-18(3)23(26)27-22(19(4)25)24(5,6)7/h8-14,16,19,22,25H,1,3,15H2,2,4-7H3/q+1. The summed E-state index contributed by atoms with van der Waals surface area (Å²) < 4.78 is 5.82. The van der Waals surface area contributed by atoms with Crippen LogP contribution < -0.4 is 0 Å². The number of hydrogen-bond acceptors (Lipinski definition) is 3. The van der Waals surface area contributed by atoms with Crippen LogP contribution in [0.2, 0.25) is 0 Å². The van der Waals surface area contributed by atoms with E-state index in [1.54, 1.807) is 13.0 Å². The van der Waals surface area contributed by atoms with Crippen LogP contribution in [0.1, 0.15) is 25.0 Å². The Hall–Kier alpha value is -2.43. The molecule has 0 saturated heterocycles. The Morgan fingerprint density at radius 1 is 1.33 bits per heavy atom. The molecule has 1 N–H and O–H groups in total. The molecule has 0 aromatic heterocycles.